The van der Waals surface area contributed by atoms with Gasteiger partial charge in [-0.15, -0.1) is 0 Å². The fraction of sp³-hybridized carbons (Fsp3) is 0.316. The predicted octanol–water partition coefficient (Wildman–Crippen LogP) is 3.83. The number of fused-ring (bicyclic) bond motifs is 3. The zero-order valence-electron chi connectivity index (χ0n) is 15.4. The number of benzene rings is 2. The predicted molar refractivity (Wildman–Crippen MR) is 98.7 cm³/mol. The van der Waals surface area contributed by atoms with Crippen molar-refractivity contribution in [1.29, 1.82) is 0 Å². The van der Waals surface area contributed by atoms with Gasteiger partial charge in [0.25, 0.3) is 0 Å². The Morgan fingerprint density at radius 1 is 1.08 bits per heavy atom. The molecule has 3 aromatic rings. The Morgan fingerprint density at radius 2 is 1.73 bits per heavy atom. The number of carbonyl (C=O) groups excluding carboxylic acids is 2. The van der Waals surface area contributed by atoms with Gasteiger partial charge in [-0.05, 0) is 0 Å². The first-order valence-corrected chi connectivity index (χ1v) is 8.31. The summed E-state index contributed by atoms with van der Waals surface area (Å²) in [5.41, 5.74) is 1.20. The van der Waals surface area contributed by atoms with Gasteiger partial charge in [0.05, 0.1) is 0 Å². The zero-order chi connectivity index (χ0) is 19.0. The number of hydrogen-bond donors (Lipinski definition) is 1. The van der Waals surface area contributed by atoms with Gasteiger partial charge < -0.3 is 19.4 Å². The zero-order valence-corrected chi connectivity index (χ0v) is 15.4. The number of ether oxygens (including phenoxy) is 2. The highest BCUT2D eigenvalue weighted by molar-refractivity contribution is 6.12. The number of hydrogen-bond acceptors (Lipinski definition) is 5. The van der Waals surface area contributed by atoms with Crippen LogP contribution in [0.25, 0.3) is 21.8 Å². The number of aromatic nitrogens is 2. The van der Waals surface area contributed by atoms with Crippen molar-refractivity contribution >= 4 is 33.9 Å². The van der Waals surface area contributed by atoms with Gasteiger partial charge >= 0.3 is 12.1 Å². The van der Waals surface area contributed by atoms with Gasteiger partial charge in [0.2, 0.25) is 5.75 Å². The molecule has 1 aromatic heterocycles. The van der Waals surface area contributed by atoms with Crippen LogP contribution in [0.1, 0.15) is 32.5 Å². The maximum Gasteiger partial charge on any atom is 0.414 e. The molecule has 3 rings (SSSR count). The summed E-state index contributed by atoms with van der Waals surface area (Å²) in [6.45, 7) is 5.33. The molecule has 0 radical (unpaired) electrons. The van der Waals surface area contributed by atoms with E-state index in [9.17, 15) is 9.59 Å². The standard InChI is InChI=1S/C19H21N3O4/c1-10(2)18-20-14-12-8-6-7-9-13(12)16(25-11(3)23)17(15(14)21-18)26-19(24)22(4)5/h6-10H,1-5H3,(H,20,21). The van der Waals surface area contributed by atoms with E-state index in [2.05, 4.69) is 9.97 Å². The molecule has 0 aliphatic carbocycles. The lowest BCUT2D eigenvalue weighted by molar-refractivity contribution is -0.131. The Kier molecular flexibility index (Phi) is 4.54. The molecule has 1 amide bonds. The third kappa shape index (κ3) is 3.08. The van der Waals surface area contributed by atoms with E-state index in [1.165, 1.54) is 11.8 Å². The molecule has 2 aromatic carbocycles. The molecule has 0 fully saturated rings. The first-order valence-electron chi connectivity index (χ1n) is 8.31. The van der Waals surface area contributed by atoms with E-state index in [0.29, 0.717) is 16.4 Å². The number of nitrogens with zero attached hydrogens (tertiary/aromatic N) is 2. The van der Waals surface area contributed by atoms with Crippen LogP contribution >= 0.6 is 0 Å². The summed E-state index contributed by atoms with van der Waals surface area (Å²) in [6, 6.07) is 7.42. The molecule has 0 spiro atoms. The topological polar surface area (TPSA) is 84.5 Å². The van der Waals surface area contributed by atoms with Gasteiger partial charge in [-0.2, -0.15) is 0 Å². The van der Waals surface area contributed by atoms with E-state index in [-0.39, 0.29) is 17.4 Å². The molecule has 0 atom stereocenters. The van der Waals surface area contributed by atoms with Crippen molar-refractivity contribution in [3.05, 3.63) is 30.1 Å². The van der Waals surface area contributed by atoms with E-state index in [4.69, 9.17) is 9.47 Å². The number of esters is 1. The smallest absolute Gasteiger partial charge is 0.414 e. The molecular weight excluding hydrogens is 334 g/mol. The van der Waals surface area contributed by atoms with Crippen molar-refractivity contribution in [2.24, 2.45) is 0 Å². The minimum absolute atomic E-state index is 0.149. The van der Waals surface area contributed by atoms with Gasteiger partial charge in [-0.3, -0.25) is 4.79 Å². The number of carbonyl (C=O) groups is 2. The second kappa shape index (κ2) is 6.67. The summed E-state index contributed by atoms with van der Waals surface area (Å²) < 4.78 is 11.0. The highest BCUT2D eigenvalue weighted by Crippen LogP contribution is 2.43. The third-order valence-electron chi connectivity index (χ3n) is 3.93. The van der Waals surface area contributed by atoms with Gasteiger partial charge in [0, 0.05) is 37.7 Å². The van der Waals surface area contributed by atoms with Crippen molar-refractivity contribution in [3.63, 3.8) is 0 Å². The average Bonchev–Trinajstić information content (AvgIpc) is 3.03. The number of aromatic amines is 1. The van der Waals surface area contributed by atoms with E-state index in [0.717, 1.165) is 11.2 Å². The minimum Gasteiger partial charge on any atom is -0.422 e. The normalized spacial score (nSPS) is 11.2. The molecule has 1 N–H and O–H groups in total. The summed E-state index contributed by atoms with van der Waals surface area (Å²) in [6.07, 6.45) is -0.573. The highest BCUT2D eigenvalue weighted by Gasteiger charge is 2.24. The van der Waals surface area contributed by atoms with Crippen LogP contribution in [0.15, 0.2) is 24.3 Å². The molecule has 7 nitrogen and oxygen atoms in total. The molecule has 0 saturated heterocycles. The molecule has 1 heterocycles. The van der Waals surface area contributed by atoms with Crippen molar-refractivity contribution in [1.82, 2.24) is 14.9 Å². The van der Waals surface area contributed by atoms with Crippen LogP contribution in [-0.4, -0.2) is 41.0 Å². The molecule has 136 valence electrons. The summed E-state index contributed by atoms with van der Waals surface area (Å²) >= 11 is 0. The van der Waals surface area contributed by atoms with Crippen LogP contribution in [-0.2, 0) is 4.79 Å². The second-order valence-corrected chi connectivity index (χ2v) is 6.56. The molecule has 26 heavy (non-hydrogen) atoms. The lowest BCUT2D eigenvalue weighted by atomic mass is 10.1. The van der Waals surface area contributed by atoms with Crippen LogP contribution in [0.5, 0.6) is 11.5 Å². The van der Waals surface area contributed by atoms with Gasteiger partial charge in [-0.1, -0.05) is 38.1 Å². The van der Waals surface area contributed by atoms with Crippen molar-refractivity contribution in [3.8, 4) is 11.5 Å². The monoisotopic (exact) mass is 355 g/mol. The second-order valence-electron chi connectivity index (χ2n) is 6.56. The van der Waals surface area contributed by atoms with E-state index in [1.54, 1.807) is 14.1 Å². The van der Waals surface area contributed by atoms with Crippen LogP contribution in [0, 0.1) is 0 Å². The third-order valence-corrected chi connectivity index (χ3v) is 3.93. The molecule has 0 aliphatic rings. The summed E-state index contributed by atoms with van der Waals surface area (Å²) in [4.78, 5) is 33.1. The lowest BCUT2D eigenvalue weighted by Crippen LogP contribution is -2.25. The molecular formula is C19H21N3O4. The maximum absolute atomic E-state index is 12.2. The number of amides is 1. The Morgan fingerprint density at radius 3 is 2.31 bits per heavy atom. The van der Waals surface area contributed by atoms with Gasteiger partial charge in [-0.25, -0.2) is 9.78 Å². The first kappa shape index (κ1) is 17.7. The fourth-order valence-corrected chi connectivity index (χ4v) is 2.67. The molecule has 0 aliphatic heterocycles. The summed E-state index contributed by atoms with van der Waals surface area (Å²) in [5, 5.41) is 1.46. The van der Waals surface area contributed by atoms with E-state index >= 15 is 0 Å². The first-order chi connectivity index (χ1) is 12.3. The quantitative estimate of drug-likeness (QED) is 0.570. The number of rotatable bonds is 3. The molecule has 0 saturated carbocycles. The van der Waals surface area contributed by atoms with Gasteiger partial charge in [0.1, 0.15) is 16.9 Å². The largest absolute Gasteiger partial charge is 0.422 e. The van der Waals surface area contributed by atoms with Crippen LogP contribution in [0.3, 0.4) is 0 Å². The summed E-state index contributed by atoms with van der Waals surface area (Å²) in [5.74, 6) is 0.769. The fourth-order valence-electron chi connectivity index (χ4n) is 2.67. The van der Waals surface area contributed by atoms with E-state index < -0.39 is 12.1 Å². The average molecular weight is 355 g/mol. The number of H-pyrrole nitrogens is 1. The molecule has 0 unspecified atom stereocenters. The number of imidazole rings is 1. The maximum atomic E-state index is 12.2. The van der Waals surface area contributed by atoms with Crippen LogP contribution in [0.4, 0.5) is 4.79 Å². The molecule has 7 heteroatoms. The Balaban J connectivity index is 2.40. The van der Waals surface area contributed by atoms with Crippen LogP contribution < -0.4 is 9.47 Å². The Labute approximate surface area is 150 Å². The van der Waals surface area contributed by atoms with Crippen molar-refractivity contribution in [2.45, 2.75) is 26.7 Å². The van der Waals surface area contributed by atoms with Crippen LogP contribution in [0.2, 0.25) is 0 Å². The number of nitrogens with one attached hydrogen (secondary N) is 1. The molecule has 0 bridgehead atoms. The summed E-state index contributed by atoms with van der Waals surface area (Å²) in [7, 11) is 3.16. The Bertz CT molecular complexity index is 1000. The van der Waals surface area contributed by atoms with E-state index in [1.807, 2.05) is 38.1 Å². The highest BCUT2D eigenvalue weighted by atomic mass is 16.6. The lowest BCUT2D eigenvalue weighted by Gasteiger charge is -2.16. The Hall–Kier alpha value is -3.09. The SMILES string of the molecule is CC(=O)Oc1c(OC(=O)N(C)C)c2[nH]c(C(C)C)nc2c2ccccc12. The van der Waals surface area contributed by atoms with Crippen molar-refractivity contribution < 1.29 is 19.1 Å². The minimum atomic E-state index is -0.573. The van der Waals surface area contributed by atoms with Crippen molar-refractivity contribution in [2.75, 3.05) is 14.1 Å². The van der Waals surface area contributed by atoms with Gasteiger partial charge in [0.15, 0.2) is 5.75 Å².